The number of nitrogens with two attached hydrogens (primary N) is 1. The Morgan fingerprint density at radius 3 is 2.50 bits per heavy atom. The summed E-state index contributed by atoms with van der Waals surface area (Å²) in [6.07, 6.45) is 0. The molecular weight excluding hydrogens is 327 g/mol. The zero-order valence-electron chi connectivity index (χ0n) is 8.88. The molecule has 2 aromatic rings. The van der Waals surface area contributed by atoms with Gasteiger partial charge in [0.05, 0.1) is 15.2 Å². The van der Waals surface area contributed by atoms with Crippen molar-refractivity contribution in [2.45, 2.75) is 0 Å². The normalized spacial score (nSPS) is 10.4. The molecule has 6 heteroatoms. The second-order valence-electron chi connectivity index (χ2n) is 3.48. The highest BCUT2D eigenvalue weighted by molar-refractivity contribution is 9.10. The van der Waals surface area contributed by atoms with Crippen LogP contribution in [0.15, 0.2) is 34.8 Å². The second kappa shape index (κ2) is 5.12. The molecule has 0 aliphatic carbocycles. The van der Waals surface area contributed by atoms with E-state index in [1.165, 1.54) is 24.3 Å². The quantitative estimate of drug-likeness (QED) is 0.804. The Labute approximate surface area is 115 Å². The van der Waals surface area contributed by atoms with Crippen molar-refractivity contribution in [1.29, 1.82) is 0 Å². The second-order valence-corrected chi connectivity index (χ2v) is 4.74. The Bertz CT molecular complexity index is 607. The first kappa shape index (κ1) is 13.1. The third-order valence-electron chi connectivity index (χ3n) is 2.17. The number of halogens is 4. The third-order valence-corrected chi connectivity index (χ3v) is 3.08. The van der Waals surface area contributed by atoms with E-state index in [0.29, 0.717) is 10.2 Å². The van der Waals surface area contributed by atoms with Gasteiger partial charge in [-0.15, -0.1) is 0 Å². The Balaban J connectivity index is 2.37. The Morgan fingerprint density at radius 2 is 1.83 bits per heavy atom. The van der Waals surface area contributed by atoms with E-state index in [1.54, 1.807) is 0 Å². The molecule has 2 N–H and O–H groups in total. The smallest absolute Gasteiger partial charge is 0.152 e. The van der Waals surface area contributed by atoms with Gasteiger partial charge in [-0.3, -0.25) is 0 Å². The fraction of sp³-hybridized carbons (Fsp3) is 0. The van der Waals surface area contributed by atoms with Gasteiger partial charge in [0.15, 0.2) is 5.75 Å². The maximum Gasteiger partial charge on any atom is 0.152 e. The average Bonchev–Trinajstić information content (AvgIpc) is 2.29. The van der Waals surface area contributed by atoms with Crippen molar-refractivity contribution in [3.05, 3.63) is 51.5 Å². The van der Waals surface area contributed by atoms with Crippen LogP contribution in [0.5, 0.6) is 11.5 Å². The van der Waals surface area contributed by atoms with Crippen molar-refractivity contribution >= 4 is 33.2 Å². The Hall–Kier alpha value is -1.33. The van der Waals surface area contributed by atoms with Crippen LogP contribution in [-0.4, -0.2) is 0 Å². The summed E-state index contributed by atoms with van der Waals surface area (Å²) >= 11 is 8.78. The van der Waals surface area contributed by atoms with Gasteiger partial charge in [0.1, 0.15) is 17.4 Å². The molecule has 0 unspecified atom stereocenters. The molecule has 2 nitrogen and oxygen atoms in total. The lowest BCUT2D eigenvalue weighted by Gasteiger charge is -2.10. The molecule has 94 valence electrons. The summed E-state index contributed by atoms with van der Waals surface area (Å²) in [5.41, 5.74) is 5.71. The summed E-state index contributed by atoms with van der Waals surface area (Å²) in [5, 5.41) is -0.0996. The lowest BCUT2D eigenvalue weighted by molar-refractivity contribution is 0.478. The molecule has 0 heterocycles. The molecule has 0 aliphatic rings. The Kier molecular flexibility index (Phi) is 3.73. The zero-order valence-corrected chi connectivity index (χ0v) is 11.2. The van der Waals surface area contributed by atoms with E-state index in [1.807, 2.05) is 0 Å². The fourth-order valence-corrected chi connectivity index (χ4v) is 1.89. The molecule has 0 fully saturated rings. The average molecular weight is 335 g/mol. The van der Waals surface area contributed by atoms with Gasteiger partial charge in [-0.05, 0) is 34.1 Å². The molecule has 2 rings (SSSR count). The number of benzene rings is 2. The maximum absolute atomic E-state index is 13.1. The van der Waals surface area contributed by atoms with E-state index in [9.17, 15) is 8.78 Å². The highest BCUT2D eigenvalue weighted by atomic mass is 79.9. The highest BCUT2D eigenvalue weighted by Crippen LogP contribution is 2.35. The first-order valence-electron chi connectivity index (χ1n) is 4.85. The molecule has 0 aliphatic heterocycles. The van der Waals surface area contributed by atoms with Crippen molar-refractivity contribution in [2.24, 2.45) is 0 Å². The summed E-state index contributed by atoms with van der Waals surface area (Å²) in [7, 11) is 0. The van der Waals surface area contributed by atoms with Crippen LogP contribution < -0.4 is 10.5 Å². The van der Waals surface area contributed by atoms with E-state index in [0.717, 1.165) is 6.07 Å². The van der Waals surface area contributed by atoms with Crippen molar-refractivity contribution < 1.29 is 13.5 Å². The number of hydrogen-bond donors (Lipinski definition) is 1. The van der Waals surface area contributed by atoms with E-state index >= 15 is 0 Å². The van der Waals surface area contributed by atoms with Gasteiger partial charge in [-0.2, -0.15) is 0 Å². The first-order valence-corrected chi connectivity index (χ1v) is 6.02. The first-order chi connectivity index (χ1) is 8.47. The van der Waals surface area contributed by atoms with Crippen molar-refractivity contribution in [2.75, 3.05) is 5.73 Å². The summed E-state index contributed by atoms with van der Waals surface area (Å²) in [6.45, 7) is 0. The molecule has 18 heavy (non-hydrogen) atoms. The number of anilines is 1. The molecule has 0 amide bonds. The lowest BCUT2D eigenvalue weighted by atomic mass is 10.3. The predicted molar refractivity (Wildman–Crippen MR) is 70.0 cm³/mol. The van der Waals surface area contributed by atoms with Crippen molar-refractivity contribution in [3.63, 3.8) is 0 Å². The van der Waals surface area contributed by atoms with Crippen molar-refractivity contribution in [3.8, 4) is 11.5 Å². The van der Waals surface area contributed by atoms with Gasteiger partial charge in [0.25, 0.3) is 0 Å². The van der Waals surface area contributed by atoms with E-state index in [-0.39, 0.29) is 16.5 Å². The molecule has 0 spiro atoms. The van der Waals surface area contributed by atoms with Crippen LogP contribution in [-0.2, 0) is 0 Å². The standard InChI is InChI=1S/C12H7BrClF2NO/c13-7-3-6(15)1-2-11(7)18-12-4-8(14)9(16)5-10(12)17/h1-5H,17H2. The van der Waals surface area contributed by atoms with Gasteiger partial charge in [-0.1, -0.05) is 11.6 Å². The van der Waals surface area contributed by atoms with Crippen LogP contribution in [0.25, 0.3) is 0 Å². The fourth-order valence-electron chi connectivity index (χ4n) is 1.31. The largest absolute Gasteiger partial charge is 0.454 e. The number of rotatable bonds is 2. The summed E-state index contributed by atoms with van der Waals surface area (Å²) in [4.78, 5) is 0. The molecule has 0 saturated heterocycles. The highest BCUT2D eigenvalue weighted by Gasteiger charge is 2.10. The molecular formula is C12H7BrClF2NO. The minimum Gasteiger partial charge on any atom is -0.454 e. The minimum atomic E-state index is -0.625. The maximum atomic E-state index is 13.1. The molecule has 0 atom stereocenters. The number of ether oxygens (including phenoxy) is 1. The molecule has 2 aromatic carbocycles. The summed E-state index contributed by atoms with van der Waals surface area (Å²) in [6, 6.07) is 6.24. The number of hydrogen-bond acceptors (Lipinski definition) is 2. The van der Waals surface area contributed by atoms with Crippen LogP contribution in [0, 0.1) is 11.6 Å². The van der Waals surface area contributed by atoms with Gasteiger partial charge in [-0.25, -0.2) is 8.78 Å². The van der Waals surface area contributed by atoms with Crippen LogP contribution >= 0.6 is 27.5 Å². The van der Waals surface area contributed by atoms with Crippen LogP contribution in [0.3, 0.4) is 0 Å². The molecule has 0 saturated carbocycles. The van der Waals surface area contributed by atoms with Gasteiger partial charge >= 0.3 is 0 Å². The van der Waals surface area contributed by atoms with Crippen LogP contribution in [0.1, 0.15) is 0 Å². The lowest BCUT2D eigenvalue weighted by Crippen LogP contribution is -1.94. The van der Waals surface area contributed by atoms with Crippen LogP contribution in [0.4, 0.5) is 14.5 Å². The molecule has 0 radical (unpaired) electrons. The van der Waals surface area contributed by atoms with Gasteiger partial charge in [0, 0.05) is 12.1 Å². The van der Waals surface area contributed by atoms with Gasteiger partial charge < -0.3 is 10.5 Å². The topological polar surface area (TPSA) is 35.2 Å². The van der Waals surface area contributed by atoms with E-state index < -0.39 is 11.6 Å². The third kappa shape index (κ3) is 2.73. The zero-order chi connectivity index (χ0) is 13.3. The van der Waals surface area contributed by atoms with Crippen LogP contribution in [0.2, 0.25) is 5.02 Å². The summed E-state index contributed by atoms with van der Waals surface area (Å²) in [5.74, 6) is -0.474. The number of nitrogen functional groups attached to an aromatic ring is 1. The summed E-state index contributed by atoms with van der Waals surface area (Å²) < 4.78 is 31.9. The van der Waals surface area contributed by atoms with E-state index in [2.05, 4.69) is 15.9 Å². The minimum absolute atomic E-state index is 0.0996. The SMILES string of the molecule is Nc1cc(F)c(Cl)cc1Oc1ccc(F)cc1Br. The monoisotopic (exact) mass is 333 g/mol. The molecule has 0 aromatic heterocycles. The van der Waals surface area contributed by atoms with Gasteiger partial charge in [0.2, 0.25) is 0 Å². The molecule has 0 bridgehead atoms. The Morgan fingerprint density at radius 1 is 1.11 bits per heavy atom. The van der Waals surface area contributed by atoms with E-state index in [4.69, 9.17) is 22.1 Å². The van der Waals surface area contributed by atoms with Crippen molar-refractivity contribution in [1.82, 2.24) is 0 Å². The predicted octanol–water partition coefficient (Wildman–Crippen LogP) is 4.76.